The summed E-state index contributed by atoms with van der Waals surface area (Å²) in [4.78, 5) is 23.7. The molecule has 1 aromatic carbocycles. The van der Waals surface area contributed by atoms with Crippen LogP contribution >= 0.6 is 0 Å². The number of carbonyl (C=O) groups excluding carboxylic acids is 1. The van der Waals surface area contributed by atoms with Gasteiger partial charge in [0, 0.05) is 24.8 Å². The first-order chi connectivity index (χ1) is 11.8. The molecule has 0 atom stereocenters. The van der Waals surface area contributed by atoms with E-state index in [4.69, 9.17) is 4.74 Å². The number of aromatic nitrogens is 1. The molecule has 1 N–H and O–H groups in total. The summed E-state index contributed by atoms with van der Waals surface area (Å²) in [5.41, 5.74) is 1.38. The number of amides is 1. The Labute approximate surface area is 145 Å². The molecular weight excluding hydrogens is 318 g/mol. The number of hydrogen-bond donors (Lipinski definition) is 1. The van der Waals surface area contributed by atoms with E-state index in [-0.39, 0.29) is 11.5 Å². The number of nitrogens with one attached hydrogen (secondary N) is 1. The summed E-state index contributed by atoms with van der Waals surface area (Å²) in [5.74, 6) is 0.372. The van der Waals surface area contributed by atoms with Crippen LogP contribution in [0.2, 0.25) is 0 Å². The van der Waals surface area contributed by atoms with E-state index in [1.54, 1.807) is 30.5 Å². The lowest BCUT2D eigenvalue weighted by Gasteiger charge is -2.31. The van der Waals surface area contributed by atoms with Crippen LogP contribution in [0.4, 0.5) is 5.69 Å². The SMILES string of the molecule is CC(=O)Nc1ccc(=O)n(C2=CC(C)(C)Oc3ccc(C#N)cc32)c1. The maximum Gasteiger partial charge on any atom is 0.255 e. The number of benzene rings is 1. The van der Waals surface area contributed by atoms with Gasteiger partial charge in [-0.05, 0) is 44.2 Å². The van der Waals surface area contributed by atoms with Gasteiger partial charge in [0.25, 0.3) is 5.56 Å². The Hall–Kier alpha value is -3.33. The van der Waals surface area contributed by atoms with Gasteiger partial charge in [-0.15, -0.1) is 0 Å². The van der Waals surface area contributed by atoms with Crippen molar-refractivity contribution in [3.8, 4) is 11.8 Å². The summed E-state index contributed by atoms with van der Waals surface area (Å²) in [5, 5.41) is 11.8. The van der Waals surface area contributed by atoms with Gasteiger partial charge in [-0.3, -0.25) is 14.2 Å². The summed E-state index contributed by atoms with van der Waals surface area (Å²) in [6.07, 6.45) is 3.40. The van der Waals surface area contributed by atoms with Gasteiger partial charge in [0.2, 0.25) is 5.91 Å². The minimum absolute atomic E-state index is 0.223. The molecule has 1 aliphatic heterocycles. The quantitative estimate of drug-likeness (QED) is 0.914. The van der Waals surface area contributed by atoms with Crippen molar-refractivity contribution in [2.24, 2.45) is 0 Å². The Morgan fingerprint density at radius 3 is 2.72 bits per heavy atom. The average molecular weight is 335 g/mol. The maximum absolute atomic E-state index is 12.4. The van der Waals surface area contributed by atoms with Crippen molar-refractivity contribution in [2.45, 2.75) is 26.4 Å². The molecule has 1 amide bonds. The van der Waals surface area contributed by atoms with Crippen molar-refractivity contribution in [3.05, 3.63) is 64.1 Å². The van der Waals surface area contributed by atoms with Crippen LogP contribution in [0.15, 0.2) is 47.4 Å². The van der Waals surface area contributed by atoms with Gasteiger partial charge in [-0.1, -0.05) is 0 Å². The van der Waals surface area contributed by atoms with Gasteiger partial charge < -0.3 is 10.1 Å². The molecule has 2 heterocycles. The number of carbonyl (C=O) groups is 1. The second-order valence-corrected chi connectivity index (χ2v) is 6.37. The number of pyridine rings is 1. The van der Waals surface area contributed by atoms with E-state index >= 15 is 0 Å². The second kappa shape index (κ2) is 5.95. The molecule has 0 saturated carbocycles. The standard InChI is InChI=1S/C19H17N3O3/c1-12(23)21-14-5-7-18(24)22(11-14)16-9-19(2,3)25-17-6-4-13(10-20)8-15(16)17/h4-9,11H,1-3H3,(H,21,23). The van der Waals surface area contributed by atoms with Crippen LogP contribution in [-0.4, -0.2) is 16.1 Å². The van der Waals surface area contributed by atoms with Gasteiger partial charge in [0.1, 0.15) is 11.4 Å². The highest BCUT2D eigenvalue weighted by molar-refractivity contribution is 5.88. The molecule has 3 rings (SSSR count). The van der Waals surface area contributed by atoms with E-state index in [2.05, 4.69) is 11.4 Å². The third-order valence-electron chi connectivity index (χ3n) is 3.73. The van der Waals surface area contributed by atoms with Crippen molar-refractivity contribution in [1.29, 1.82) is 5.26 Å². The second-order valence-electron chi connectivity index (χ2n) is 6.37. The van der Waals surface area contributed by atoms with Crippen LogP contribution in [-0.2, 0) is 4.79 Å². The number of ether oxygens (including phenoxy) is 1. The smallest absolute Gasteiger partial charge is 0.255 e. The highest BCUT2D eigenvalue weighted by Crippen LogP contribution is 2.37. The Balaban J connectivity index is 2.22. The summed E-state index contributed by atoms with van der Waals surface area (Å²) >= 11 is 0. The van der Waals surface area contributed by atoms with Crippen molar-refractivity contribution in [2.75, 3.05) is 5.32 Å². The summed E-state index contributed by atoms with van der Waals surface area (Å²) in [6.45, 7) is 5.18. The van der Waals surface area contributed by atoms with Crippen LogP contribution < -0.4 is 15.6 Å². The molecule has 6 nitrogen and oxygen atoms in total. The maximum atomic E-state index is 12.4. The highest BCUT2D eigenvalue weighted by Gasteiger charge is 2.28. The lowest BCUT2D eigenvalue weighted by molar-refractivity contribution is -0.114. The average Bonchev–Trinajstić information content (AvgIpc) is 2.54. The molecule has 2 aromatic rings. The lowest BCUT2D eigenvalue weighted by Crippen LogP contribution is -2.32. The minimum atomic E-state index is -0.625. The van der Waals surface area contributed by atoms with Crippen LogP contribution in [0.3, 0.4) is 0 Å². The van der Waals surface area contributed by atoms with Crippen molar-refractivity contribution in [1.82, 2.24) is 4.57 Å². The van der Waals surface area contributed by atoms with Crippen molar-refractivity contribution in [3.63, 3.8) is 0 Å². The topological polar surface area (TPSA) is 84.1 Å². The molecule has 0 fully saturated rings. The fraction of sp³-hybridized carbons (Fsp3) is 0.211. The first kappa shape index (κ1) is 16.5. The Morgan fingerprint density at radius 1 is 1.28 bits per heavy atom. The van der Waals surface area contributed by atoms with Gasteiger partial charge in [0.15, 0.2) is 0 Å². The van der Waals surface area contributed by atoms with E-state index in [0.717, 1.165) is 0 Å². The monoisotopic (exact) mass is 335 g/mol. The predicted octanol–water partition coefficient (Wildman–Crippen LogP) is 2.74. The largest absolute Gasteiger partial charge is 0.483 e. The Kier molecular flexibility index (Phi) is 3.93. The summed E-state index contributed by atoms with van der Waals surface area (Å²) in [6, 6.07) is 10.1. The molecule has 1 aromatic heterocycles. The first-order valence-electron chi connectivity index (χ1n) is 7.76. The third kappa shape index (κ3) is 3.31. The summed E-state index contributed by atoms with van der Waals surface area (Å²) in [7, 11) is 0. The summed E-state index contributed by atoms with van der Waals surface area (Å²) < 4.78 is 7.39. The molecular formula is C19H17N3O3. The molecule has 0 radical (unpaired) electrons. The van der Waals surface area contributed by atoms with Gasteiger partial charge in [0.05, 0.1) is 23.0 Å². The van der Waals surface area contributed by atoms with Crippen molar-refractivity contribution >= 4 is 17.3 Å². The van der Waals surface area contributed by atoms with Crippen LogP contribution in [0.1, 0.15) is 31.9 Å². The third-order valence-corrected chi connectivity index (χ3v) is 3.73. The molecule has 0 bridgehead atoms. The normalized spacial score (nSPS) is 14.6. The lowest BCUT2D eigenvalue weighted by atomic mass is 9.97. The number of rotatable bonds is 2. The van der Waals surface area contributed by atoms with Crippen molar-refractivity contribution < 1.29 is 9.53 Å². The minimum Gasteiger partial charge on any atom is -0.483 e. The van der Waals surface area contributed by atoms with Crippen LogP contribution in [0, 0.1) is 11.3 Å². The Bertz CT molecular complexity index is 994. The number of anilines is 1. The van der Waals surface area contributed by atoms with E-state index in [0.29, 0.717) is 28.3 Å². The molecule has 1 aliphatic rings. The fourth-order valence-corrected chi connectivity index (χ4v) is 2.76. The fourth-order valence-electron chi connectivity index (χ4n) is 2.76. The Morgan fingerprint density at radius 2 is 2.04 bits per heavy atom. The number of nitrogens with zero attached hydrogens (tertiary/aromatic N) is 2. The van der Waals surface area contributed by atoms with E-state index < -0.39 is 5.60 Å². The zero-order valence-corrected chi connectivity index (χ0v) is 14.2. The first-order valence-corrected chi connectivity index (χ1v) is 7.76. The predicted molar refractivity (Wildman–Crippen MR) is 94.2 cm³/mol. The van der Waals surface area contributed by atoms with Gasteiger partial charge in [-0.25, -0.2) is 0 Å². The number of hydrogen-bond acceptors (Lipinski definition) is 4. The van der Waals surface area contributed by atoms with Crippen LogP contribution in [0.25, 0.3) is 5.70 Å². The van der Waals surface area contributed by atoms with E-state index in [1.165, 1.54) is 17.6 Å². The molecule has 126 valence electrons. The van der Waals surface area contributed by atoms with Gasteiger partial charge in [-0.2, -0.15) is 5.26 Å². The van der Waals surface area contributed by atoms with E-state index in [1.807, 2.05) is 19.9 Å². The van der Waals surface area contributed by atoms with Gasteiger partial charge >= 0.3 is 0 Å². The molecule has 0 saturated heterocycles. The number of nitriles is 1. The van der Waals surface area contributed by atoms with Crippen LogP contribution in [0.5, 0.6) is 5.75 Å². The zero-order chi connectivity index (χ0) is 18.2. The highest BCUT2D eigenvalue weighted by atomic mass is 16.5. The molecule has 0 unspecified atom stereocenters. The zero-order valence-electron chi connectivity index (χ0n) is 14.2. The molecule has 6 heteroatoms. The molecule has 0 spiro atoms. The molecule has 25 heavy (non-hydrogen) atoms. The molecule has 0 aliphatic carbocycles. The number of fused-ring (bicyclic) bond motifs is 1. The van der Waals surface area contributed by atoms with E-state index in [9.17, 15) is 14.9 Å².